The van der Waals surface area contributed by atoms with Crippen molar-refractivity contribution < 1.29 is 15.8 Å². The minimum atomic E-state index is -5.53. The molecular formula is C17H20F2IO2P. The van der Waals surface area contributed by atoms with Gasteiger partial charge in [0.2, 0.25) is 0 Å². The number of rotatable bonds is 6. The number of hydrogen-bond acceptors (Lipinski definition) is 2. The molecule has 2 aromatic carbocycles. The molecule has 0 fully saturated rings. The molecule has 6 heteroatoms. The summed E-state index contributed by atoms with van der Waals surface area (Å²) in [6.07, 6.45) is 0.935. The Labute approximate surface area is 143 Å². The van der Waals surface area contributed by atoms with Crippen LogP contribution >= 0.6 is 28.2 Å². The number of benzene rings is 2. The fourth-order valence-electron chi connectivity index (χ4n) is 2.14. The number of aryl methyl sites for hydroxylation is 1. The van der Waals surface area contributed by atoms with Crippen LogP contribution in [0.4, 0.5) is 8.39 Å². The fraction of sp³-hybridized carbons (Fsp3) is 0.294. The predicted octanol–water partition coefficient (Wildman–Crippen LogP) is 6.72. The topological polar surface area (TPSA) is 26.3 Å². The molecule has 0 amide bonds. The van der Waals surface area contributed by atoms with E-state index in [-0.39, 0.29) is 0 Å². The van der Waals surface area contributed by atoms with E-state index in [2.05, 4.69) is 13.8 Å². The van der Waals surface area contributed by atoms with Crippen LogP contribution in [0.3, 0.4) is 0 Å². The summed E-state index contributed by atoms with van der Waals surface area (Å²) in [6.45, 7) is 6.19. The maximum atomic E-state index is 13.0. The molecule has 0 aromatic heterocycles. The van der Waals surface area contributed by atoms with Gasteiger partial charge < -0.3 is 0 Å². The van der Waals surface area contributed by atoms with Gasteiger partial charge in [-0.1, -0.05) is 0 Å². The summed E-state index contributed by atoms with van der Waals surface area (Å²) >= 11 is -2.87. The van der Waals surface area contributed by atoms with E-state index in [4.69, 9.17) is 2.85 Å². The Morgan fingerprint density at radius 3 is 1.91 bits per heavy atom. The van der Waals surface area contributed by atoms with Crippen molar-refractivity contribution in [2.45, 2.75) is 27.2 Å². The molecule has 0 aliphatic heterocycles. The standard InChI is InChI=1S/C17H20F2IO2P/c1-13(2)12-15-6-10-17(11-7-15)20(22-23(18,19)21)16-8-4-14(3)5-9-16/h4-11,13H,12H2,1-3H3. The van der Waals surface area contributed by atoms with E-state index in [1.165, 1.54) is 0 Å². The van der Waals surface area contributed by atoms with E-state index in [1.807, 2.05) is 43.3 Å². The first-order chi connectivity index (χ1) is 10.7. The van der Waals surface area contributed by atoms with Crippen molar-refractivity contribution in [3.05, 3.63) is 66.8 Å². The van der Waals surface area contributed by atoms with Gasteiger partial charge in [-0.05, 0) is 0 Å². The first-order valence-corrected chi connectivity index (χ1v) is 11.7. The molecule has 0 saturated carbocycles. The third-order valence-electron chi connectivity index (χ3n) is 3.11. The predicted molar refractivity (Wildman–Crippen MR) is 98.5 cm³/mol. The van der Waals surface area contributed by atoms with Crippen LogP contribution < -0.4 is 0 Å². The molecule has 0 atom stereocenters. The molecule has 0 bridgehead atoms. The van der Waals surface area contributed by atoms with Crippen LogP contribution in [0.5, 0.6) is 0 Å². The molecule has 0 aliphatic carbocycles. The Bertz CT molecular complexity index is 681. The normalized spacial score (nSPS) is 12.5. The van der Waals surface area contributed by atoms with E-state index in [1.54, 1.807) is 12.1 Å². The molecule has 0 aliphatic rings. The summed E-state index contributed by atoms with van der Waals surface area (Å²) < 4.78 is 43.2. The van der Waals surface area contributed by atoms with Crippen molar-refractivity contribution in [1.29, 1.82) is 0 Å². The monoisotopic (exact) mass is 452 g/mol. The van der Waals surface area contributed by atoms with E-state index >= 15 is 0 Å². The molecule has 2 nitrogen and oxygen atoms in total. The van der Waals surface area contributed by atoms with Gasteiger partial charge in [-0.3, -0.25) is 0 Å². The van der Waals surface area contributed by atoms with E-state index in [0.717, 1.165) is 21.1 Å². The second kappa shape index (κ2) is 7.86. The van der Waals surface area contributed by atoms with Gasteiger partial charge >= 0.3 is 144 Å². The second-order valence-corrected chi connectivity index (χ2v) is 11.8. The van der Waals surface area contributed by atoms with Gasteiger partial charge in [-0.2, -0.15) is 0 Å². The van der Waals surface area contributed by atoms with Gasteiger partial charge in [0.25, 0.3) is 0 Å². The molecule has 126 valence electrons. The molecule has 0 saturated heterocycles. The van der Waals surface area contributed by atoms with Gasteiger partial charge in [0.1, 0.15) is 0 Å². The van der Waals surface area contributed by atoms with E-state index < -0.39 is 28.2 Å². The van der Waals surface area contributed by atoms with Crippen molar-refractivity contribution >= 4 is 28.2 Å². The molecular weight excluding hydrogens is 432 g/mol. The molecule has 0 heterocycles. The summed E-state index contributed by atoms with van der Waals surface area (Å²) in [6, 6.07) is 14.8. The fourth-order valence-corrected chi connectivity index (χ4v) is 7.94. The molecule has 23 heavy (non-hydrogen) atoms. The molecule has 2 aromatic rings. The first-order valence-electron chi connectivity index (χ1n) is 7.29. The van der Waals surface area contributed by atoms with Gasteiger partial charge in [0.05, 0.1) is 0 Å². The van der Waals surface area contributed by atoms with Crippen LogP contribution in [0.2, 0.25) is 0 Å². The van der Waals surface area contributed by atoms with Gasteiger partial charge in [-0.25, -0.2) is 0 Å². The zero-order valence-corrected chi connectivity index (χ0v) is 16.4. The van der Waals surface area contributed by atoms with Gasteiger partial charge in [-0.15, -0.1) is 0 Å². The van der Waals surface area contributed by atoms with Crippen molar-refractivity contribution in [2.24, 2.45) is 5.92 Å². The average Bonchev–Trinajstić information content (AvgIpc) is 2.45. The quantitative estimate of drug-likeness (QED) is 0.360. The zero-order valence-electron chi connectivity index (χ0n) is 13.3. The Kier molecular flexibility index (Phi) is 6.34. The second-order valence-electron chi connectivity index (χ2n) is 5.75. The van der Waals surface area contributed by atoms with Crippen LogP contribution in [0.25, 0.3) is 0 Å². The van der Waals surface area contributed by atoms with Crippen LogP contribution in [-0.4, -0.2) is 0 Å². The summed E-state index contributed by atoms with van der Waals surface area (Å²) in [5, 5.41) is 0. The number of halogens is 3. The summed E-state index contributed by atoms with van der Waals surface area (Å²) in [4.78, 5) is 0. The third-order valence-corrected chi connectivity index (χ3v) is 9.67. The summed E-state index contributed by atoms with van der Waals surface area (Å²) in [5.41, 5.74) is 2.20. The number of hydrogen-bond donors (Lipinski definition) is 0. The zero-order chi connectivity index (χ0) is 17.0. The minimum absolute atomic E-state index is 0.528. The Morgan fingerprint density at radius 1 is 1.00 bits per heavy atom. The Balaban J connectivity index is 2.33. The SMILES string of the molecule is Cc1ccc(I(OP(=O)(F)F)c2ccc(CC(C)C)cc2)cc1. The van der Waals surface area contributed by atoms with E-state index in [0.29, 0.717) is 9.49 Å². The van der Waals surface area contributed by atoms with Crippen molar-refractivity contribution in [3.8, 4) is 0 Å². The van der Waals surface area contributed by atoms with Crippen LogP contribution in [0, 0.1) is 20.0 Å². The van der Waals surface area contributed by atoms with Crippen molar-refractivity contribution in [1.82, 2.24) is 0 Å². The molecule has 0 spiro atoms. The van der Waals surface area contributed by atoms with Crippen LogP contribution in [0.1, 0.15) is 25.0 Å². The van der Waals surface area contributed by atoms with E-state index in [9.17, 15) is 13.0 Å². The first kappa shape index (κ1) is 18.6. The molecule has 2 rings (SSSR count). The summed E-state index contributed by atoms with van der Waals surface area (Å²) in [7, 11) is -5.53. The Morgan fingerprint density at radius 2 is 1.48 bits per heavy atom. The molecule has 0 unspecified atom stereocenters. The molecule has 0 N–H and O–H groups in total. The average molecular weight is 452 g/mol. The van der Waals surface area contributed by atoms with Crippen molar-refractivity contribution in [2.75, 3.05) is 0 Å². The van der Waals surface area contributed by atoms with Crippen LogP contribution in [0.15, 0.2) is 48.5 Å². The summed E-state index contributed by atoms with van der Waals surface area (Å²) in [5.74, 6) is 0.528. The van der Waals surface area contributed by atoms with Crippen LogP contribution in [-0.2, 0) is 13.8 Å². The van der Waals surface area contributed by atoms with Gasteiger partial charge in [0, 0.05) is 0 Å². The Hall–Kier alpha value is -0.780. The molecule has 0 radical (unpaired) electrons. The van der Waals surface area contributed by atoms with Gasteiger partial charge in [0.15, 0.2) is 0 Å². The van der Waals surface area contributed by atoms with Crippen molar-refractivity contribution in [3.63, 3.8) is 0 Å². The maximum absolute atomic E-state index is 13.0. The third kappa shape index (κ3) is 5.98.